The largest absolute Gasteiger partial charge is 0.390 e. The van der Waals surface area contributed by atoms with Crippen LogP contribution in [0.2, 0.25) is 0 Å². The van der Waals surface area contributed by atoms with Gasteiger partial charge in [-0.3, -0.25) is 0 Å². The molecule has 5 atom stereocenters. The lowest BCUT2D eigenvalue weighted by molar-refractivity contribution is -0.0309. The molecule has 176 valence electrons. The highest BCUT2D eigenvalue weighted by Gasteiger charge is 2.57. The minimum absolute atomic E-state index is 0.0166. The summed E-state index contributed by atoms with van der Waals surface area (Å²) in [6.07, 6.45) is 4.78. The Hall–Kier alpha value is -3.07. The van der Waals surface area contributed by atoms with Gasteiger partial charge in [0.2, 0.25) is 0 Å². The van der Waals surface area contributed by atoms with Gasteiger partial charge in [0.15, 0.2) is 0 Å². The number of para-hydroxylation sites is 1. The van der Waals surface area contributed by atoms with Crippen molar-refractivity contribution in [3.05, 3.63) is 60.2 Å². The highest BCUT2D eigenvalue weighted by molar-refractivity contribution is 5.83. The van der Waals surface area contributed by atoms with Gasteiger partial charge in [0, 0.05) is 22.4 Å². The van der Waals surface area contributed by atoms with Crippen LogP contribution in [0, 0.1) is 12.3 Å². The van der Waals surface area contributed by atoms with Crippen LogP contribution in [-0.4, -0.2) is 54.7 Å². The second-order valence-electron chi connectivity index (χ2n) is 9.89. The van der Waals surface area contributed by atoms with E-state index in [4.69, 9.17) is 10.5 Å². The SMILES string of the molecule is Cc1ncnc2c1ccn2[C@@H]1C[C@@]2(CO[C@@H](CCc3cccc4ccc(N)nc34)C2)[C@@H](O)[C@H]1O. The van der Waals surface area contributed by atoms with Gasteiger partial charge in [0.1, 0.15) is 23.9 Å². The van der Waals surface area contributed by atoms with Crippen molar-refractivity contribution in [1.82, 2.24) is 19.5 Å². The van der Waals surface area contributed by atoms with E-state index in [1.807, 2.05) is 48.0 Å². The third-order valence-electron chi connectivity index (χ3n) is 7.83. The van der Waals surface area contributed by atoms with Gasteiger partial charge in [0.05, 0.1) is 36.1 Å². The van der Waals surface area contributed by atoms with Crippen molar-refractivity contribution >= 4 is 27.8 Å². The van der Waals surface area contributed by atoms with Crippen LogP contribution in [0.3, 0.4) is 0 Å². The van der Waals surface area contributed by atoms with Gasteiger partial charge in [-0.25, -0.2) is 15.0 Å². The van der Waals surface area contributed by atoms with E-state index in [0.717, 1.165) is 52.5 Å². The molecule has 6 rings (SSSR count). The van der Waals surface area contributed by atoms with Crippen LogP contribution in [0.5, 0.6) is 0 Å². The number of nitrogens with zero attached hydrogens (tertiary/aromatic N) is 4. The Kier molecular flexibility index (Phi) is 5.05. The molecule has 8 heteroatoms. The van der Waals surface area contributed by atoms with Crippen LogP contribution < -0.4 is 5.73 Å². The van der Waals surface area contributed by atoms with E-state index < -0.39 is 17.6 Å². The first kappa shape index (κ1) is 21.5. The predicted molar refractivity (Wildman–Crippen MR) is 129 cm³/mol. The van der Waals surface area contributed by atoms with Gasteiger partial charge >= 0.3 is 0 Å². The summed E-state index contributed by atoms with van der Waals surface area (Å²) in [6.45, 7) is 2.39. The molecular weight excluding hydrogens is 430 g/mol. The second-order valence-corrected chi connectivity index (χ2v) is 9.89. The maximum Gasteiger partial charge on any atom is 0.143 e. The van der Waals surface area contributed by atoms with Crippen molar-refractivity contribution in [2.75, 3.05) is 12.3 Å². The van der Waals surface area contributed by atoms with E-state index >= 15 is 0 Å². The number of nitrogens with two attached hydrogens (primary N) is 1. The number of hydrogen-bond donors (Lipinski definition) is 3. The van der Waals surface area contributed by atoms with Crippen molar-refractivity contribution in [3.8, 4) is 0 Å². The number of ether oxygens (including phenoxy) is 1. The highest BCUT2D eigenvalue weighted by atomic mass is 16.5. The van der Waals surface area contributed by atoms with Crippen molar-refractivity contribution < 1.29 is 14.9 Å². The average molecular weight is 460 g/mol. The number of benzene rings is 1. The molecule has 1 spiro atoms. The molecule has 2 fully saturated rings. The summed E-state index contributed by atoms with van der Waals surface area (Å²) in [7, 11) is 0. The van der Waals surface area contributed by atoms with Gasteiger partial charge in [0.25, 0.3) is 0 Å². The molecule has 4 aromatic rings. The zero-order chi connectivity index (χ0) is 23.4. The fourth-order valence-electron chi connectivity index (χ4n) is 5.99. The standard InChI is InChI=1S/C26H29N5O3/c1-15-19-9-10-31(25(19)29-14-28-15)20-12-26(24(33)23(20)32)11-18(34-13-26)7-5-16-3-2-4-17-6-8-21(27)30-22(16)17/h2-4,6,8-10,14,18,20,23-24,32-33H,5,7,11-13H2,1H3,(H2,27,30)/t18-,20+,23-,24-,26-/m0/s1. The van der Waals surface area contributed by atoms with Crippen molar-refractivity contribution in [2.45, 2.75) is 57.0 Å². The number of rotatable bonds is 4. The van der Waals surface area contributed by atoms with E-state index in [1.165, 1.54) is 0 Å². The number of nitrogen functional groups attached to an aromatic ring is 1. The molecule has 4 N–H and O–H groups in total. The molecule has 1 saturated carbocycles. The van der Waals surface area contributed by atoms with E-state index in [9.17, 15) is 10.2 Å². The molecule has 3 aromatic heterocycles. The summed E-state index contributed by atoms with van der Waals surface area (Å²) in [6, 6.07) is 11.7. The average Bonchev–Trinajstić information content (AvgIpc) is 3.51. The van der Waals surface area contributed by atoms with Crippen molar-refractivity contribution in [1.29, 1.82) is 0 Å². The quantitative estimate of drug-likeness (QED) is 0.429. The number of hydrogen-bond acceptors (Lipinski definition) is 7. The van der Waals surface area contributed by atoms with Crippen LogP contribution in [0.15, 0.2) is 48.9 Å². The predicted octanol–water partition coefficient (Wildman–Crippen LogP) is 2.94. The third kappa shape index (κ3) is 3.36. The molecule has 34 heavy (non-hydrogen) atoms. The lowest BCUT2D eigenvalue weighted by Gasteiger charge is -2.26. The van der Waals surface area contributed by atoms with Gasteiger partial charge < -0.3 is 25.3 Å². The van der Waals surface area contributed by atoms with Crippen LogP contribution in [-0.2, 0) is 11.2 Å². The Balaban J connectivity index is 1.20. The third-order valence-corrected chi connectivity index (χ3v) is 7.83. The molecule has 1 aliphatic heterocycles. The van der Waals surface area contributed by atoms with Gasteiger partial charge in [-0.1, -0.05) is 18.2 Å². The molecule has 0 bridgehead atoms. The Labute approximate surface area is 197 Å². The molecule has 1 aromatic carbocycles. The summed E-state index contributed by atoms with van der Waals surface area (Å²) in [5.74, 6) is 0.517. The van der Waals surface area contributed by atoms with Gasteiger partial charge in [-0.15, -0.1) is 0 Å². The first-order valence-electron chi connectivity index (χ1n) is 11.9. The number of aliphatic hydroxyl groups excluding tert-OH is 2. The fraction of sp³-hybridized carbons (Fsp3) is 0.423. The maximum absolute atomic E-state index is 11.1. The lowest BCUT2D eigenvalue weighted by atomic mass is 9.80. The zero-order valence-electron chi connectivity index (χ0n) is 19.1. The minimum Gasteiger partial charge on any atom is -0.390 e. The molecule has 8 nitrogen and oxygen atoms in total. The van der Waals surface area contributed by atoms with E-state index in [-0.39, 0.29) is 12.1 Å². The highest BCUT2D eigenvalue weighted by Crippen LogP contribution is 2.52. The lowest BCUT2D eigenvalue weighted by Crippen LogP contribution is -2.37. The topological polar surface area (TPSA) is 119 Å². The Morgan fingerprint density at radius 1 is 1.15 bits per heavy atom. The molecule has 1 saturated heterocycles. The molecule has 0 unspecified atom stereocenters. The number of pyridine rings is 1. The monoisotopic (exact) mass is 459 g/mol. The van der Waals surface area contributed by atoms with Gasteiger partial charge in [-0.2, -0.15) is 0 Å². The van der Waals surface area contributed by atoms with Crippen molar-refractivity contribution in [3.63, 3.8) is 0 Å². The van der Waals surface area contributed by atoms with E-state index in [0.29, 0.717) is 18.8 Å². The van der Waals surface area contributed by atoms with E-state index in [1.54, 1.807) is 6.33 Å². The van der Waals surface area contributed by atoms with Crippen molar-refractivity contribution in [2.24, 2.45) is 5.41 Å². The van der Waals surface area contributed by atoms with Crippen LogP contribution >= 0.6 is 0 Å². The van der Waals surface area contributed by atoms with Crippen LogP contribution in [0.25, 0.3) is 21.9 Å². The number of anilines is 1. The van der Waals surface area contributed by atoms with Crippen LogP contribution in [0.4, 0.5) is 5.82 Å². The zero-order valence-corrected chi connectivity index (χ0v) is 19.1. The molecule has 2 aliphatic rings. The smallest absolute Gasteiger partial charge is 0.143 e. The minimum atomic E-state index is -0.876. The molecule has 4 heterocycles. The fourth-order valence-corrected chi connectivity index (χ4v) is 5.99. The molecule has 0 amide bonds. The second kappa shape index (κ2) is 8.01. The van der Waals surface area contributed by atoms with Gasteiger partial charge in [-0.05, 0) is 56.4 Å². The Morgan fingerprint density at radius 3 is 2.91 bits per heavy atom. The summed E-state index contributed by atoms with van der Waals surface area (Å²) in [5.41, 5.74) is 9.23. The molecule has 1 aliphatic carbocycles. The Bertz CT molecular complexity index is 1370. The number of fused-ring (bicyclic) bond motifs is 2. The maximum atomic E-state index is 11.1. The molecule has 0 radical (unpaired) electrons. The molecular formula is C26H29N5O3. The summed E-state index contributed by atoms with van der Waals surface area (Å²) in [5, 5.41) is 24.2. The van der Waals surface area contributed by atoms with E-state index in [2.05, 4.69) is 21.0 Å². The first-order valence-corrected chi connectivity index (χ1v) is 11.9. The summed E-state index contributed by atoms with van der Waals surface area (Å²) in [4.78, 5) is 13.2. The Morgan fingerprint density at radius 2 is 2.03 bits per heavy atom. The van der Waals surface area contributed by atoms with Crippen LogP contribution in [0.1, 0.15) is 36.6 Å². The summed E-state index contributed by atoms with van der Waals surface area (Å²) < 4.78 is 8.18. The number of aryl methyl sites for hydroxylation is 2. The first-order chi connectivity index (χ1) is 16.4. The summed E-state index contributed by atoms with van der Waals surface area (Å²) >= 11 is 0. The number of aliphatic hydroxyl groups is 2. The number of aromatic nitrogens is 4. The normalized spacial score (nSPS) is 29.0.